The fourth-order valence-corrected chi connectivity index (χ4v) is 1.95. The third-order valence-corrected chi connectivity index (χ3v) is 2.55. The summed E-state index contributed by atoms with van der Waals surface area (Å²) in [5, 5.41) is 6.89. The van der Waals surface area contributed by atoms with Crippen molar-refractivity contribution in [3.63, 3.8) is 0 Å². The van der Waals surface area contributed by atoms with Crippen LogP contribution in [0, 0.1) is 5.92 Å². The van der Waals surface area contributed by atoms with E-state index in [1.807, 2.05) is 13.8 Å². The second-order valence-corrected chi connectivity index (χ2v) is 3.10. The van der Waals surface area contributed by atoms with Crippen molar-refractivity contribution in [1.82, 2.24) is 10.6 Å². The second kappa shape index (κ2) is 4.73. The maximum absolute atomic E-state index is 3.50. The minimum Gasteiger partial charge on any atom is -0.315 e. The molecule has 2 unspecified atom stereocenters. The Hall–Kier alpha value is -0.0800. The predicted octanol–water partition coefficient (Wildman–Crippen LogP) is 0.984. The summed E-state index contributed by atoms with van der Waals surface area (Å²) >= 11 is 0. The number of hydrogen-bond acceptors (Lipinski definition) is 2. The molecule has 2 heteroatoms. The highest BCUT2D eigenvalue weighted by molar-refractivity contribution is 4.88. The van der Waals surface area contributed by atoms with Crippen LogP contribution in [0.2, 0.25) is 0 Å². The fourth-order valence-electron chi connectivity index (χ4n) is 1.95. The standard InChI is InChI=1S/C7H14N2.C2H6/c1-3-8-5-7-6(1)2-4-9-7;1-2/h6-9H,1-5H2;1-2H3. The zero-order valence-electron chi connectivity index (χ0n) is 7.69. The Balaban J connectivity index is 0.000000281. The molecule has 0 bridgehead atoms. The van der Waals surface area contributed by atoms with Crippen molar-refractivity contribution in [2.75, 3.05) is 19.6 Å². The lowest BCUT2D eigenvalue weighted by atomic mass is 9.94. The van der Waals surface area contributed by atoms with E-state index in [2.05, 4.69) is 10.6 Å². The summed E-state index contributed by atoms with van der Waals surface area (Å²) in [5.74, 6) is 0.992. The molecule has 0 saturated carbocycles. The molecule has 2 fully saturated rings. The SMILES string of the molecule is C1CC2CCNC2CN1.CC. The predicted molar refractivity (Wildman–Crippen MR) is 48.7 cm³/mol. The fraction of sp³-hybridized carbons (Fsp3) is 1.00. The summed E-state index contributed by atoms with van der Waals surface area (Å²) in [7, 11) is 0. The topological polar surface area (TPSA) is 24.1 Å². The minimum atomic E-state index is 0.804. The Bertz CT molecular complexity index is 91.7. The first-order chi connectivity index (χ1) is 5.47. The van der Waals surface area contributed by atoms with Crippen LogP contribution in [0.5, 0.6) is 0 Å². The molecule has 0 aromatic rings. The molecule has 0 aromatic carbocycles. The van der Waals surface area contributed by atoms with Crippen molar-refractivity contribution in [2.45, 2.75) is 32.7 Å². The first-order valence-electron chi connectivity index (χ1n) is 4.91. The van der Waals surface area contributed by atoms with E-state index in [0.29, 0.717) is 0 Å². The third kappa shape index (κ3) is 2.17. The van der Waals surface area contributed by atoms with Crippen molar-refractivity contribution in [2.24, 2.45) is 5.92 Å². The van der Waals surface area contributed by atoms with Gasteiger partial charge < -0.3 is 10.6 Å². The van der Waals surface area contributed by atoms with Crippen LogP contribution >= 0.6 is 0 Å². The van der Waals surface area contributed by atoms with Crippen LogP contribution in [0.3, 0.4) is 0 Å². The Morgan fingerprint density at radius 3 is 2.55 bits per heavy atom. The van der Waals surface area contributed by atoms with Crippen LogP contribution in [-0.4, -0.2) is 25.7 Å². The summed E-state index contributed by atoms with van der Waals surface area (Å²) in [4.78, 5) is 0. The summed E-state index contributed by atoms with van der Waals surface area (Å²) < 4.78 is 0. The lowest BCUT2D eigenvalue weighted by Gasteiger charge is -2.25. The highest BCUT2D eigenvalue weighted by Gasteiger charge is 2.28. The van der Waals surface area contributed by atoms with Gasteiger partial charge in [-0.25, -0.2) is 0 Å². The van der Waals surface area contributed by atoms with Gasteiger partial charge in [0.2, 0.25) is 0 Å². The molecule has 0 amide bonds. The third-order valence-electron chi connectivity index (χ3n) is 2.55. The number of rotatable bonds is 0. The van der Waals surface area contributed by atoms with Crippen molar-refractivity contribution in [1.29, 1.82) is 0 Å². The van der Waals surface area contributed by atoms with Crippen molar-refractivity contribution in [3.05, 3.63) is 0 Å². The molecule has 2 aliphatic rings. The quantitative estimate of drug-likeness (QED) is 0.546. The van der Waals surface area contributed by atoms with Crippen LogP contribution in [0.4, 0.5) is 0 Å². The van der Waals surface area contributed by atoms with E-state index in [4.69, 9.17) is 0 Å². The molecular weight excluding hydrogens is 136 g/mol. The number of nitrogens with one attached hydrogen (secondary N) is 2. The first kappa shape index (κ1) is 9.01. The second-order valence-electron chi connectivity index (χ2n) is 3.10. The average molecular weight is 156 g/mol. The molecule has 2 aliphatic heterocycles. The molecule has 0 aromatic heterocycles. The first-order valence-corrected chi connectivity index (χ1v) is 4.91. The summed E-state index contributed by atoms with van der Waals surface area (Å²) in [6.45, 7) is 7.69. The zero-order valence-corrected chi connectivity index (χ0v) is 7.69. The average Bonchev–Trinajstić information content (AvgIpc) is 2.55. The monoisotopic (exact) mass is 156 g/mol. The lowest BCUT2D eigenvalue weighted by Crippen LogP contribution is -2.43. The van der Waals surface area contributed by atoms with E-state index < -0.39 is 0 Å². The number of piperidine rings is 1. The highest BCUT2D eigenvalue weighted by Crippen LogP contribution is 2.20. The Morgan fingerprint density at radius 1 is 1.09 bits per heavy atom. The summed E-state index contributed by atoms with van der Waals surface area (Å²) in [6.07, 6.45) is 2.80. The molecular formula is C9H20N2. The van der Waals surface area contributed by atoms with Crippen LogP contribution < -0.4 is 10.6 Å². The molecule has 2 atom stereocenters. The Kier molecular flexibility index (Phi) is 3.87. The molecule has 11 heavy (non-hydrogen) atoms. The molecule has 2 nitrogen and oxygen atoms in total. The van der Waals surface area contributed by atoms with Gasteiger partial charge in [-0.1, -0.05) is 13.8 Å². The summed E-state index contributed by atoms with van der Waals surface area (Å²) in [6, 6.07) is 0.804. The van der Waals surface area contributed by atoms with Crippen molar-refractivity contribution >= 4 is 0 Å². The van der Waals surface area contributed by atoms with Crippen LogP contribution in [0.15, 0.2) is 0 Å². The largest absolute Gasteiger partial charge is 0.315 e. The van der Waals surface area contributed by atoms with E-state index in [9.17, 15) is 0 Å². The molecule has 0 aliphatic carbocycles. The van der Waals surface area contributed by atoms with E-state index in [1.165, 1.54) is 32.5 Å². The van der Waals surface area contributed by atoms with Gasteiger partial charge in [0.15, 0.2) is 0 Å². The van der Waals surface area contributed by atoms with Gasteiger partial charge in [0, 0.05) is 12.6 Å². The van der Waals surface area contributed by atoms with Gasteiger partial charge >= 0.3 is 0 Å². The lowest BCUT2D eigenvalue weighted by molar-refractivity contribution is 0.343. The van der Waals surface area contributed by atoms with E-state index in [1.54, 1.807) is 0 Å². The highest BCUT2D eigenvalue weighted by atomic mass is 15.0. The van der Waals surface area contributed by atoms with Gasteiger partial charge in [-0.2, -0.15) is 0 Å². The molecule has 2 saturated heterocycles. The maximum atomic E-state index is 3.50. The minimum absolute atomic E-state index is 0.804. The summed E-state index contributed by atoms with van der Waals surface area (Å²) in [5.41, 5.74) is 0. The van der Waals surface area contributed by atoms with Crippen LogP contribution in [0.1, 0.15) is 26.7 Å². The van der Waals surface area contributed by atoms with E-state index >= 15 is 0 Å². The number of fused-ring (bicyclic) bond motifs is 1. The Labute approximate surface area is 69.8 Å². The van der Waals surface area contributed by atoms with Crippen LogP contribution in [0.25, 0.3) is 0 Å². The van der Waals surface area contributed by atoms with E-state index in [-0.39, 0.29) is 0 Å². The van der Waals surface area contributed by atoms with Gasteiger partial charge in [-0.15, -0.1) is 0 Å². The molecule has 2 rings (SSSR count). The van der Waals surface area contributed by atoms with Gasteiger partial charge in [0.05, 0.1) is 0 Å². The zero-order chi connectivity index (χ0) is 8.10. The smallest absolute Gasteiger partial charge is 0.0221 e. The maximum Gasteiger partial charge on any atom is 0.0221 e. The van der Waals surface area contributed by atoms with Gasteiger partial charge in [-0.05, 0) is 31.8 Å². The van der Waals surface area contributed by atoms with Gasteiger partial charge in [-0.3, -0.25) is 0 Å². The van der Waals surface area contributed by atoms with Crippen molar-refractivity contribution < 1.29 is 0 Å². The molecule has 2 N–H and O–H groups in total. The van der Waals surface area contributed by atoms with Gasteiger partial charge in [0.1, 0.15) is 0 Å². The Morgan fingerprint density at radius 2 is 1.82 bits per heavy atom. The number of hydrogen-bond donors (Lipinski definition) is 2. The molecule has 2 heterocycles. The van der Waals surface area contributed by atoms with Crippen molar-refractivity contribution in [3.8, 4) is 0 Å². The van der Waals surface area contributed by atoms with E-state index in [0.717, 1.165) is 12.0 Å². The normalized spacial score (nSPS) is 35.5. The van der Waals surface area contributed by atoms with Crippen LogP contribution in [-0.2, 0) is 0 Å². The molecule has 0 radical (unpaired) electrons. The van der Waals surface area contributed by atoms with Gasteiger partial charge in [0.25, 0.3) is 0 Å². The molecule has 66 valence electrons. The molecule has 0 spiro atoms.